The molecule has 0 amide bonds. The number of ether oxygens (including phenoxy) is 2. The predicted molar refractivity (Wildman–Crippen MR) is 128 cm³/mol. The number of rotatable bonds is 6. The molecule has 33 heavy (non-hydrogen) atoms. The van der Waals surface area contributed by atoms with Gasteiger partial charge in [0.05, 0.1) is 24.3 Å². The number of fused-ring (bicyclic) bond motifs is 1. The Balaban J connectivity index is 2.02. The summed E-state index contributed by atoms with van der Waals surface area (Å²) < 4.78 is 17.5. The minimum atomic E-state index is -0.342. The van der Waals surface area contributed by atoms with Crippen LogP contribution in [0.25, 0.3) is 22.3 Å². The fraction of sp³-hybridized carbons (Fsp3) is 0.370. The van der Waals surface area contributed by atoms with Gasteiger partial charge in [-0.25, -0.2) is 0 Å². The SMILES string of the molecule is COc1cc2oc(-c3ccc(C)cc3O)c(CC=C(C)C)c(=O)c2c(O)c1C1OC1C(C)C. The van der Waals surface area contributed by atoms with Crippen LogP contribution in [-0.4, -0.2) is 23.4 Å². The minimum Gasteiger partial charge on any atom is -0.507 e. The molecule has 4 rings (SSSR count). The van der Waals surface area contributed by atoms with Gasteiger partial charge in [0.25, 0.3) is 0 Å². The largest absolute Gasteiger partial charge is 0.507 e. The third kappa shape index (κ3) is 4.11. The van der Waals surface area contributed by atoms with Gasteiger partial charge < -0.3 is 24.1 Å². The molecule has 1 fully saturated rings. The van der Waals surface area contributed by atoms with Crippen LogP contribution in [-0.2, 0) is 11.2 Å². The van der Waals surface area contributed by atoms with Crippen molar-refractivity contribution in [2.24, 2.45) is 5.92 Å². The molecule has 1 aliphatic heterocycles. The summed E-state index contributed by atoms with van der Waals surface area (Å²) in [6.45, 7) is 9.85. The molecule has 174 valence electrons. The summed E-state index contributed by atoms with van der Waals surface area (Å²) in [6, 6.07) is 6.82. The summed E-state index contributed by atoms with van der Waals surface area (Å²) in [5, 5.41) is 21.9. The van der Waals surface area contributed by atoms with Crippen LogP contribution in [0.3, 0.4) is 0 Å². The highest BCUT2D eigenvalue weighted by Crippen LogP contribution is 2.52. The zero-order valence-corrected chi connectivity index (χ0v) is 19.9. The fourth-order valence-corrected chi connectivity index (χ4v) is 4.21. The average molecular weight is 451 g/mol. The summed E-state index contributed by atoms with van der Waals surface area (Å²) >= 11 is 0. The lowest BCUT2D eigenvalue weighted by Crippen LogP contribution is -2.12. The van der Waals surface area contributed by atoms with Gasteiger partial charge in [0.15, 0.2) is 0 Å². The van der Waals surface area contributed by atoms with Crippen LogP contribution >= 0.6 is 0 Å². The maximum atomic E-state index is 13.7. The van der Waals surface area contributed by atoms with Crippen molar-refractivity contribution in [1.29, 1.82) is 0 Å². The van der Waals surface area contributed by atoms with E-state index in [1.165, 1.54) is 7.11 Å². The van der Waals surface area contributed by atoms with Crippen molar-refractivity contribution in [2.45, 2.75) is 53.2 Å². The number of epoxide rings is 1. The molecular weight excluding hydrogens is 420 g/mol. The summed E-state index contributed by atoms with van der Waals surface area (Å²) in [4.78, 5) is 13.7. The highest BCUT2D eigenvalue weighted by Gasteiger charge is 2.46. The summed E-state index contributed by atoms with van der Waals surface area (Å²) in [5.41, 5.74) is 3.03. The number of benzene rings is 2. The van der Waals surface area contributed by atoms with Crippen LogP contribution in [0.1, 0.15) is 50.5 Å². The third-order valence-electron chi connectivity index (χ3n) is 6.05. The van der Waals surface area contributed by atoms with E-state index in [2.05, 4.69) is 0 Å². The van der Waals surface area contributed by atoms with Crippen molar-refractivity contribution in [2.75, 3.05) is 7.11 Å². The maximum Gasteiger partial charge on any atom is 0.200 e. The summed E-state index contributed by atoms with van der Waals surface area (Å²) in [7, 11) is 1.50. The Morgan fingerprint density at radius 2 is 1.94 bits per heavy atom. The number of aromatic hydroxyl groups is 2. The molecule has 2 atom stereocenters. The lowest BCUT2D eigenvalue weighted by Gasteiger charge is -2.15. The van der Waals surface area contributed by atoms with Crippen LogP contribution in [0.4, 0.5) is 0 Å². The van der Waals surface area contributed by atoms with E-state index in [9.17, 15) is 15.0 Å². The maximum absolute atomic E-state index is 13.7. The van der Waals surface area contributed by atoms with Gasteiger partial charge in [0.2, 0.25) is 5.43 Å². The van der Waals surface area contributed by atoms with E-state index < -0.39 is 0 Å². The number of phenols is 2. The first kappa shape index (κ1) is 22.9. The highest BCUT2D eigenvalue weighted by molar-refractivity contribution is 5.90. The van der Waals surface area contributed by atoms with Crippen molar-refractivity contribution >= 4 is 11.0 Å². The zero-order valence-electron chi connectivity index (χ0n) is 19.9. The monoisotopic (exact) mass is 450 g/mol. The van der Waals surface area contributed by atoms with Crippen LogP contribution in [0.15, 0.2) is 45.1 Å². The van der Waals surface area contributed by atoms with Gasteiger partial charge in [-0.3, -0.25) is 4.79 Å². The highest BCUT2D eigenvalue weighted by atomic mass is 16.6. The first-order valence-electron chi connectivity index (χ1n) is 11.1. The number of hydrogen-bond donors (Lipinski definition) is 2. The first-order valence-corrected chi connectivity index (χ1v) is 11.1. The average Bonchev–Trinajstić information content (AvgIpc) is 3.53. The molecule has 3 aromatic rings. The molecule has 2 heterocycles. The van der Waals surface area contributed by atoms with Crippen molar-refractivity contribution in [3.63, 3.8) is 0 Å². The number of aryl methyl sites for hydroxylation is 1. The Hall–Kier alpha value is -3.25. The number of phenolic OH excluding ortho intramolecular Hbond substituents is 2. The van der Waals surface area contributed by atoms with E-state index in [1.807, 2.05) is 46.8 Å². The van der Waals surface area contributed by atoms with E-state index in [0.717, 1.165) is 11.1 Å². The topological polar surface area (TPSA) is 92.4 Å². The minimum absolute atomic E-state index is 0.0231. The molecule has 0 saturated carbocycles. The molecule has 2 unspecified atom stereocenters. The van der Waals surface area contributed by atoms with Gasteiger partial charge in [-0.1, -0.05) is 31.6 Å². The summed E-state index contributed by atoms with van der Waals surface area (Å²) in [5.74, 6) is 0.775. The Morgan fingerprint density at radius 1 is 1.21 bits per heavy atom. The Bertz CT molecular complexity index is 1310. The van der Waals surface area contributed by atoms with Crippen molar-refractivity contribution in [3.8, 4) is 28.6 Å². The zero-order chi connectivity index (χ0) is 24.0. The van der Waals surface area contributed by atoms with Crippen LogP contribution in [0, 0.1) is 12.8 Å². The van der Waals surface area contributed by atoms with E-state index >= 15 is 0 Å². The quantitative estimate of drug-likeness (QED) is 0.365. The van der Waals surface area contributed by atoms with E-state index in [1.54, 1.807) is 18.2 Å². The van der Waals surface area contributed by atoms with Gasteiger partial charge in [-0.2, -0.15) is 0 Å². The molecule has 1 aliphatic rings. The molecule has 0 bridgehead atoms. The van der Waals surface area contributed by atoms with Crippen LogP contribution < -0.4 is 10.2 Å². The van der Waals surface area contributed by atoms with Gasteiger partial charge >= 0.3 is 0 Å². The second-order valence-electron chi connectivity index (χ2n) is 9.22. The molecule has 2 N–H and O–H groups in total. The molecule has 0 radical (unpaired) electrons. The van der Waals surface area contributed by atoms with E-state index in [-0.39, 0.29) is 51.8 Å². The molecule has 1 aromatic heterocycles. The Morgan fingerprint density at radius 3 is 2.52 bits per heavy atom. The second kappa shape index (κ2) is 8.60. The van der Waals surface area contributed by atoms with Crippen molar-refractivity contribution < 1.29 is 24.1 Å². The molecule has 2 aromatic carbocycles. The molecular formula is C27H30O6. The molecule has 6 nitrogen and oxygen atoms in total. The van der Waals surface area contributed by atoms with Crippen LogP contribution in [0.5, 0.6) is 17.2 Å². The van der Waals surface area contributed by atoms with E-state index in [4.69, 9.17) is 13.9 Å². The summed E-state index contributed by atoms with van der Waals surface area (Å²) in [6.07, 6.45) is 1.83. The first-order chi connectivity index (χ1) is 15.6. The normalized spacial score (nSPS) is 17.4. The number of methoxy groups -OCH3 is 1. The molecule has 6 heteroatoms. The predicted octanol–water partition coefficient (Wildman–Crippen LogP) is 5.79. The Kier molecular flexibility index (Phi) is 5.97. The third-order valence-corrected chi connectivity index (χ3v) is 6.05. The molecule has 0 aliphatic carbocycles. The van der Waals surface area contributed by atoms with Crippen molar-refractivity contribution in [3.05, 3.63) is 62.8 Å². The Labute approximate surface area is 193 Å². The fourth-order valence-electron chi connectivity index (χ4n) is 4.21. The van der Waals surface area contributed by atoms with Gasteiger partial charge in [-0.05, 0) is 50.8 Å². The standard InChI is InChI=1S/C27H30O6/c1-13(2)7-9-17-23(29)21-20(32-26(17)16-10-8-15(5)11-18(16)28)12-19(31-6)22(24(21)30)27-25(33-27)14(3)4/h7-8,10-12,14,25,27-28,30H,9H2,1-6H3. The van der Waals surface area contributed by atoms with Crippen molar-refractivity contribution in [1.82, 2.24) is 0 Å². The van der Waals surface area contributed by atoms with Gasteiger partial charge in [0.1, 0.15) is 40.1 Å². The number of hydrogen-bond acceptors (Lipinski definition) is 6. The molecule has 1 saturated heterocycles. The lowest BCUT2D eigenvalue weighted by molar-refractivity contribution is 0.329. The smallest absolute Gasteiger partial charge is 0.200 e. The second-order valence-corrected chi connectivity index (χ2v) is 9.22. The van der Waals surface area contributed by atoms with Gasteiger partial charge in [0, 0.05) is 11.6 Å². The lowest BCUT2D eigenvalue weighted by atomic mass is 9.96. The molecule has 0 spiro atoms. The number of allylic oxidation sites excluding steroid dienone is 2. The van der Waals surface area contributed by atoms with Gasteiger partial charge in [-0.15, -0.1) is 0 Å². The van der Waals surface area contributed by atoms with E-state index in [0.29, 0.717) is 28.9 Å². The van der Waals surface area contributed by atoms with Crippen LogP contribution in [0.2, 0.25) is 0 Å².